The normalized spacial score (nSPS) is 10.7. The number of nitrogens with one attached hydrogen (secondary N) is 2. The molecule has 1 rings (SSSR count). The van der Waals surface area contributed by atoms with Crippen molar-refractivity contribution in [2.24, 2.45) is 5.92 Å². The minimum atomic E-state index is 0.576. The third-order valence-corrected chi connectivity index (χ3v) is 2.20. The first-order chi connectivity index (χ1) is 8.61. The molecule has 1 aromatic heterocycles. The Bertz CT molecular complexity index is 355. The topological polar surface area (TPSA) is 59.1 Å². The van der Waals surface area contributed by atoms with E-state index in [0.717, 1.165) is 37.2 Å². The molecule has 1 heterocycles. The summed E-state index contributed by atoms with van der Waals surface area (Å²) in [4.78, 5) is 8.63. The lowest BCUT2D eigenvalue weighted by Gasteiger charge is -2.10. The average molecular weight is 252 g/mol. The third kappa shape index (κ3) is 5.82. The van der Waals surface area contributed by atoms with Gasteiger partial charge in [-0.1, -0.05) is 13.8 Å². The molecule has 0 saturated carbocycles. The van der Waals surface area contributed by atoms with Gasteiger partial charge in [0.1, 0.15) is 17.5 Å². The van der Waals surface area contributed by atoms with E-state index in [9.17, 15) is 0 Å². The van der Waals surface area contributed by atoms with Crippen molar-refractivity contribution in [1.29, 1.82) is 0 Å². The number of hydrogen-bond acceptors (Lipinski definition) is 5. The maximum absolute atomic E-state index is 5.50. The molecule has 1 aromatic rings. The van der Waals surface area contributed by atoms with Crippen LogP contribution in [-0.2, 0) is 4.74 Å². The van der Waals surface area contributed by atoms with Crippen LogP contribution in [0.5, 0.6) is 0 Å². The van der Waals surface area contributed by atoms with Gasteiger partial charge in [0.25, 0.3) is 0 Å². The highest BCUT2D eigenvalue weighted by atomic mass is 16.5. The highest BCUT2D eigenvalue weighted by Crippen LogP contribution is 2.10. The molecule has 0 fully saturated rings. The molecule has 0 aliphatic rings. The van der Waals surface area contributed by atoms with E-state index in [-0.39, 0.29) is 0 Å². The maximum Gasteiger partial charge on any atom is 0.131 e. The quantitative estimate of drug-likeness (QED) is 0.695. The fraction of sp³-hybridized carbons (Fsp3) is 0.692. The number of ether oxygens (including phenoxy) is 1. The van der Waals surface area contributed by atoms with Crippen molar-refractivity contribution in [1.82, 2.24) is 9.97 Å². The number of rotatable bonds is 8. The van der Waals surface area contributed by atoms with Crippen LogP contribution >= 0.6 is 0 Å². The minimum Gasteiger partial charge on any atom is -0.379 e. The van der Waals surface area contributed by atoms with E-state index in [0.29, 0.717) is 12.5 Å². The number of aromatic nitrogens is 2. The number of anilines is 2. The van der Waals surface area contributed by atoms with Crippen LogP contribution in [0.2, 0.25) is 0 Å². The molecule has 2 N–H and O–H groups in total. The Morgan fingerprint density at radius 1 is 1.22 bits per heavy atom. The fourth-order valence-electron chi connectivity index (χ4n) is 1.50. The molecule has 0 aliphatic heterocycles. The van der Waals surface area contributed by atoms with E-state index in [1.54, 1.807) is 0 Å². The molecule has 0 saturated heterocycles. The lowest BCUT2D eigenvalue weighted by atomic mass is 10.2. The summed E-state index contributed by atoms with van der Waals surface area (Å²) in [5, 5.41) is 6.42. The lowest BCUT2D eigenvalue weighted by Crippen LogP contribution is -2.13. The van der Waals surface area contributed by atoms with E-state index in [1.165, 1.54) is 0 Å². The zero-order valence-corrected chi connectivity index (χ0v) is 11.8. The summed E-state index contributed by atoms with van der Waals surface area (Å²) < 4.78 is 5.50. The molecule has 0 atom stereocenters. The summed E-state index contributed by atoms with van der Waals surface area (Å²) in [6.45, 7) is 11.3. The molecular formula is C13H24N4O. The molecule has 5 nitrogen and oxygen atoms in total. The largest absolute Gasteiger partial charge is 0.379 e. The van der Waals surface area contributed by atoms with Gasteiger partial charge in [0.05, 0.1) is 6.61 Å². The van der Waals surface area contributed by atoms with Crippen molar-refractivity contribution in [3.63, 3.8) is 0 Å². The van der Waals surface area contributed by atoms with Crippen LogP contribution in [0.1, 0.15) is 26.6 Å². The standard InChI is InChI=1S/C13H24N4O/c1-5-14-12-8-13(17-11(4)16-12)15-6-7-18-9-10(2)3/h8,10H,5-7,9H2,1-4H3,(H2,14,15,16,17). The van der Waals surface area contributed by atoms with Gasteiger partial charge >= 0.3 is 0 Å². The van der Waals surface area contributed by atoms with E-state index in [2.05, 4.69) is 34.4 Å². The number of nitrogens with zero attached hydrogens (tertiary/aromatic N) is 2. The molecule has 18 heavy (non-hydrogen) atoms. The van der Waals surface area contributed by atoms with E-state index in [1.807, 2.05) is 19.9 Å². The molecule has 0 unspecified atom stereocenters. The van der Waals surface area contributed by atoms with Gasteiger partial charge in [-0.05, 0) is 19.8 Å². The second-order valence-corrected chi connectivity index (χ2v) is 4.61. The third-order valence-electron chi connectivity index (χ3n) is 2.20. The van der Waals surface area contributed by atoms with Crippen molar-refractivity contribution in [3.05, 3.63) is 11.9 Å². The van der Waals surface area contributed by atoms with Gasteiger partial charge in [0, 0.05) is 25.8 Å². The van der Waals surface area contributed by atoms with Crippen LogP contribution in [0.4, 0.5) is 11.6 Å². The fourth-order valence-corrected chi connectivity index (χ4v) is 1.50. The van der Waals surface area contributed by atoms with Crippen molar-refractivity contribution in [3.8, 4) is 0 Å². The SMILES string of the molecule is CCNc1cc(NCCOCC(C)C)nc(C)n1. The first-order valence-corrected chi connectivity index (χ1v) is 6.53. The number of aryl methyl sites for hydroxylation is 1. The van der Waals surface area contributed by atoms with Gasteiger partial charge in [-0.15, -0.1) is 0 Å². The van der Waals surface area contributed by atoms with Gasteiger partial charge in [-0.3, -0.25) is 0 Å². The van der Waals surface area contributed by atoms with Crippen LogP contribution in [0.15, 0.2) is 6.07 Å². The van der Waals surface area contributed by atoms with Crippen molar-refractivity contribution >= 4 is 11.6 Å². The second-order valence-electron chi connectivity index (χ2n) is 4.61. The molecule has 0 bridgehead atoms. The van der Waals surface area contributed by atoms with Crippen molar-refractivity contribution in [2.45, 2.75) is 27.7 Å². The average Bonchev–Trinajstić information content (AvgIpc) is 2.28. The van der Waals surface area contributed by atoms with Crippen LogP contribution in [0.25, 0.3) is 0 Å². The predicted octanol–water partition coefficient (Wildman–Crippen LogP) is 2.30. The van der Waals surface area contributed by atoms with Crippen molar-refractivity contribution in [2.75, 3.05) is 36.9 Å². The molecule has 5 heteroatoms. The Hall–Kier alpha value is -1.36. The predicted molar refractivity (Wildman–Crippen MR) is 75.1 cm³/mol. The van der Waals surface area contributed by atoms with Gasteiger partial charge in [-0.2, -0.15) is 0 Å². The number of hydrogen-bond donors (Lipinski definition) is 2. The van der Waals surface area contributed by atoms with Crippen molar-refractivity contribution < 1.29 is 4.74 Å². The Morgan fingerprint density at radius 3 is 2.50 bits per heavy atom. The smallest absolute Gasteiger partial charge is 0.131 e. The highest BCUT2D eigenvalue weighted by Gasteiger charge is 2.00. The molecule has 0 spiro atoms. The Kier molecular flexibility index (Phi) is 6.43. The molecular weight excluding hydrogens is 228 g/mol. The zero-order valence-electron chi connectivity index (χ0n) is 11.8. The summed E-state index contributed by atoms with van der Waals surface area (Å²) in [6.07, 6.45) is 0. The monoisotopic (exact) mass is 252 g/mol. The van der Waals surface area contributed by atoms with Crippen LogP contribution < -0.4 is 10.6 Å². The first kappa shape index (κ1) is 14.7. The van der Waals surface area contributed by atoms with E-state index >= 15 is 0 Å². The first-order valence-electron chi connectivity index (χ1n) is 6.53. The van der Waals surface area contributed by atoms with Gasteiger partial charge < -0.3 is 15.4 Å². The Balaban J connectivity index is 2.37. The van der Waals surface area contributed by atoms with E-state index < -0.39 is 0 Å². The van der Waals surface area contributed by atoms with Gasteiger partial charge in [0.2, 0.25) is 0 Å². The summed E-state index contributed by atoms with van der Waals surface area (Å²) in [5.74, 6) is 3.04. The Labute approximate surface area is 109 Å². The molecule has 0 amide bonds. The maximum atomic E-state index is 5.50. The van der Waals surface area contributed by atoms with Crippen LogP contribution in [0.3, 0.4) is 0 Å². The summed E-state index contributed by atoms with van der Waals surface area (Å²) >= 11 is 0. The van der Waals surface area contributed by atoms with Crippen LogP contribution in [0, 0.1) is 12.8 Å². The highest BCUT2D eigenvalue weighted by molar-refractivity contribution is 5.47. The molecule has 0 radical (unpaired) electrons. The lowest BCUT2D eigenvalue weighted by molar-refractivity contribution is 0.118. The molecule has 0 aliphatic carbocycles. The molecule has 102 valence electrons. The van der Waals surface area contributed by atoms with E-state index in [4.69, 9.17) is 4.74 Å². The van der Waals surface area contributed by atoms with Gasteiger partial charge in [-0.25, -0.2) is 9.97 Å². The zero-order chi connectivity index (χ0) is 13.4. The molecule has 0 aromatic carbocycles. The van der Waals surface area contributed by atoms with Gasteiger partial charge in [0.15, 0.2) is 0 Å². The Morgan fingerprint density at radius 2 is 1.89 bits per heavy atom. The minimum absolute atomic E-state index is 0.576. The summed E-state index contributed by atoms with van der Waals surface area (Å²) in [7, 11) is 0. The second kappa shape index (κ2) is 7.87. The summed E-state index contributed by atoms with van der Waals surface area (Å²) in [6, 6.07) is 1.92. The summed E-state index contributed by atoms with van der Waals surface area (Å²) in [5.41, 5.74) is 0. The van der Waals surface area contributed by atoms with Crippen LogP contribution in [-0.4, -0.2) is 36.3 Å².